The Morgan fingerprint density at radius 2 is 1.64 bits per heavy atom. The molecule has 0 aliphatic carbocycles. The summed E-state index contributed by atoms with van der Waals surface area (Å²) in [6, 6.07) is 21.7. The number of hydrogen-bond acceptors (Lipinski definition) is 6. The highest BCUT2D eigenvalue weighted by Crippen LogP contribution is 2.29. The van der Waals surface area contributed by atoms with Gasteiger partial charge in [0.25, 0.3) is 11.8 Å². The Bertz CT molecular complexity index is 1710. The summed E-state index contributed by atoms with van der Waals surface area (Å²) in [6.07, 6.45) is 4.70. The zero-order chi connectivity index (χ0) is 29.1. The van der Waals surface area contributed by atoms with Gasteiger partial charge in [-0.1, -0.05) is 64.8 Å². The van der Waals surface area contributed by atoms with Gasteiger partial charge < -0.3 is 14.6 Å². The van der Waals surface area contributed by atoms with Crippen molar-refractivity contribution in [1.29, 1.82) is 0 Å². The van der Waals surface area contributed by atoms with Gasteiger partial charge in [0.1, 0.15) is 11.4 Å². The Morgan fingerprint density at radius 3 is 2.40 bits per heavy atom. The molecule has 2 amide bonds. The highest BCUT2D eigenvalue weighted by Gasteiger charge is 2.26. The molecule has 0 unspecified atom stereocenters. The lowest BCUT2D eigenvalue weighted by Crippen LogP contribution is -2.39. The largest absolute Gasteiger partial charge is 0.443 e. The first-order valence-electron chi connectivity index (χ1n) is 13.5. The monoisotopic (exact) mass is 600 g/mol. The molecule has 0 atom stereocenters. The van der Waals surface area contributed by atoms with Gasteiger partial charge in [0, 0.05) is 45.4 Å². The predicted octanol–water partition coefficient (Wildman–Crippen LogP) is 6.31. The van der Waals surface area contributed by atoms with Crippen LogP contribution in [0.1, 0.15) is 45.3 Å². The van der Waals surface area contributed by atoms with Crippen molar-refractivity contribution < 1.29 is 14.0 Å². The molecule has 0 spiro atoms. The SMILES string of the molecule is O=C(NCc1ncoc1-c1ccccc1)c1cccc(C(=O)N2CCC(n3cc(-c4cc(Cl)cc(Cl)c4)nn3)CC2)c1. The number of oxazole rings is 1. The predicted molar refractivity (Wildman–Crippen MR) is 159 cm³/mol. The number of halogens is 2. The van der Waals surface area contributed by atoms with Crippen molar-refractivity contribution in [2.45, 2.75) is 25.4 Å². The topological polar surface area (TPSA) is 106 Å². The van der Waals surface area contributed by atoms with Crippen molar-refractivity contribution in [3.63, 3.8) is 0 Å². The molecule has 1 aliphatic rings. The Labute approximate surface area is 252 Å². The van der Waals surface area contributed by atoms with Gasteiger partial charge in [0.15, 0.2) is 12.2 Å². The lowest BCUT2D eigenvalue weighted by molar-refractivity contribution is 0.0689. The number of carbonyl (C=O) groups is 2. The molecule has 6 rings (SSSR count). The molecule has 11 heteroatoms. The van der Waals surface area contributed by atoms with Crippen LogP contribution in [0.2, 0.25) is 10.0 Å². The van der Waals surface area contributed by atoms with Crippen molar-refractivity contribution in [3.8, 4) is 22.6 Å². The molecule has 212 valence electrons. The average Bonchev–Trinajstić information content (AvgIpc) is 3.70. The molecular formula is C31H26Cl2N6O3. The van der Waals surface area contributed by atoms with E-state index in [9.17, 15) is 9.59 Å². The first-order chi connectivity index (χ1) is 20.4. The number of aromatic nitrogens is 4. The fraction of sp³-hybridized carbons (Fsp3) is 0.194. The van der Waals surface area contributed by atoms with Crippen LogP contribution in [0.5, 0.6) is 0 Å². The highest BCUT2D eigenvalue weighted by atomic mass is 35.5. The van der Waals surface area contributed by atoms with Gasteiger partial charge in [0.2, 0.25) is 0 Å². The number of likely N-dealkylation sites (tertiary alicyclic amines) is 1. The number of amides is 2. The smallest absolute Gasteiger partial charge is 0.253 e. The van der Waals surface area contributed by atoms with E-state index in [4.69, 9.17) is 27.6 Å². The summed E-state index contributed by atoms with van der Waals surface area (Å²) in [7, 11) is 0. The summed E-state index contributed by atoms with van der Waals surface area (Å²) in [5.41, 5.74) is 3.86. The van der Waals surface area contributed by atoms with Crippen LogP contribution in [0.4, 0.5) is 0 Å². The van der Waals surface area contributed by atoms with Gasteiger partial charge in [-0.25, -0.2) is 9.67 Å². The molecule has 0 radical (unpaired) electrons. The van der Waals surface area contributed by atoms with Crippen molar-refractivity contribution in [2.24, 2.45) is 0 Å². The zero-order valence-electron chi connectivity index (χ0n) is 22.4. The average molecular weight is 601 g/mol. The molecular weight excluding hydrogens is 575 g/mol. The maximum Gasteiger partial charge on any atom is 0.253 e. The second kappa shape index (κ2) is 12.2. The van der Waals surface area contributed by atoms with Crippen LogP contribution in [-0.2, 0) is 6.54 Å². The number of nitrogens with one attached hydrogen (secondary N) is 1. The normalized spacial score (nSPS) is 13.7. The van der Waals surface area contributed by atoms with E-state index >= 15 is 0 Å². The fourth-order valence-electron chi connectivity index (χ4n) is 5.08. The minimum absolute atomic E-state index is 0.111. The molecule has 0 saturated carbocycles. The minimum atomic E-state index is -0.298. The highest BCUT2D eigenvalue weighted by molar-refractivity contribution is 6.35. The van der Waals surface area contributed by atoms with E-state index in [0.29, 0.717) is 51.4 Å². The van der Waals surface area contributed by atoms with Crippen LogP contribution in [0, 0.1) is 0 Å². The number of nitrogens with zero attached hydrogens (tertiary/aromatic N) is 5. The number of carbonyl (C=O) groups excluding carboxylic acids is 2. The molecule has 5 aromatic rings. The van der Waals surface area contributed by atoms with Crippen LogP contribution in [0.25, 0.3) is 22.6 Å². The zero-order valence-corrected chi connectivity index (χ0v) is 23.9. The van der Waals surface area contributed by atoms with Gasteiger partial charge >= 0.3 is 0 Å². The second-order valence-corrected chi connectivity index (χ2v) is 10.9. The first kappa shape index (κ1) is 27.7. The van der Waals surface area contributed by atoms with Crippen LogP contribution in [-0.4, -0.2) is 49.8 Å². The van der Waals surface area contributed by atoms with Gasteiger partial charge in [-0.3, -0.25) is 9.59 Å². The van der Waals surface area contributed by atoms with Crippen molar-refractivity contribution in [1.82, 2.24) is 30.2 Å². The summed E-state index contributed by atoms with van der Waals surface area (Å²) in [5.74, 6) is 0.200. The van der Waals surface area contributed by atoms with Crippen LogP contribution >= 0.6 is 23.2 Å². The molecule has 1 fully saturated rings. The van der Waals surface area contributed by atoms with E-state index in [1.807, 2.05) is 46.1 Å². The van der Waals surface area contributed by atoms with E-state index in [1.54, 1.807) is 42.5 Å². The summed E-state index contributed by atoms with van der Waals surface area (Å²) in [4.78, 5) is 32.3. The molecule has 2 aromatic heterocycles. The van der Waals surface area contributed by atoms with E-state index < -0.39 is 0 Å². The van der Waals surface area contributed by atoms with Gasteiger partial charge in [0.05, 0.1) is 18.8 Å². The molecule has 1 N–H and O–H groups in total. The van der Waals surface area contributed by atoms with Crippen LogP contribution < -0.4 is 5.32 Å². The van der Waals surface area contributed by atoms with Crippen molar-refractivity contribution >= 4 is 35.0 Å². The summed E-state index contributed by atoms with van der Waals surface area (Å²) >= 11 is 12.3. The van der Waals surface area contributed by atoms with Gasteiger partial charge in [-0.15, -0.1) is 5.10 Å². The molecule has 3 aromatic carbocycles. The first-order valence-corrected chi connectivity index (χ1v) is 14.2. The van der Waals surface area contributed by atoms with E-state index in [0.717, 1.165) is 24.0 Å². The van der Waals surface area contributed by atoms with Gasteiger partial charge in [-0.05, 0) is 49.2 Å². The number of benzene rings is 3. The number of hydrogen-bond donors (Lipinski definition) is 1. The third-order valence-electron chi connectivity index (χ3n) is 7.26. The number of piperidine rings is 1. The van der Waals surface area contributed by atoms with E-state index in [2.05, 4.69) is 20.6 Å². The Hall–Kier alpha value is -4.47. The molecule has 1 saturated heterocycles. The Kier molecular flexibility index (Phi) is 8.03. The summed E-state index contributed by atoms with van der Waals surface area (Å²) < 4.78 is 7.38. The molecule has 9 nitrogen and oxygen atoms in total. The maximum atomic E-state index is 13.3. The second-order valence-electron chi connectivity index (χ2n) is 10.0. The standard InChI is InChI=1S/C31H26Cl2N6O3/c32-24-14-23(15-25(33)16-24)28-18-39(37-36-28)26-9-11-38(12-10-26)31(41)22-8-4-7-21(13-22)30(40)34-17-27-29(42-19-35-27)20-5-2-1-3-6-20/h1-8,13-16,18-19,26H,9-12,17H2,(H,34,40). The Balaban J connectivity index is 1.06. The maximum absolute atomic E-state index is 13.3. The van der Waals surface area contributed by atoms with Crippen LogP contribution in [0.3, 0.4) is 0 Å². The van der Waals surface area contributed by atoms with Crippen molar-refractivity contribution in [3.05, 3.63) is 112 Å². The van der Waals surface area contributed by atoms with Gasteiger partial charge in [-0.2, -0.15) is 0 Å². The number of rotatable bonds is 7. The summed E-state index contributed by atoms with van der Waals surface area (Å²) in [5, 5.41) is 12.6. The lowest BCUT2D eigenvalue weighted by Gasteiger charge is -2.32. The minimum Gasteiger partial charge on any atom is -0.443 e. The quantitative estimate of drug-likeness (QED) is 0.234. The van der Waals surface area contributed by atoms with E-state index in [1.165, 1.54) is 6.39 Å². The third-order valence-corrected chi connectivity index (χ3v) is 7.70. The molecule has 3 heterocycles. The Morgan fingerprint density at radius 1 is 0.905 bits per heavy atom. The van der Waals surface area contributed by atoms with Crippen molar-refractivity contribution in [2.75, 3.05) is 13.1 Å². The molecule has 0 bridgehead atoms. The van der Waals surface area contributed by atoms with E-state index in [-0.39, 0.29) is 24.4 Å². The molecule has 42 heavy (non-hydrogen) atoms. The molecule has 1 aliphatic heterocycles. The van der Waals surface area contributed by atoms with Crippen LogP contribution in [0.15, 0.2) is 89.8 Å². The third kappa shape index (κ3) is 6.07. The fourth-order valence-corrected chi connectivity index (χ4v) is 5.61. The lowest BCUT2D eigenvalue weighted by atomic mass is 10.0. The summed E-state index contributed by atoms with van der Waals surface area (Å²) in [6.45, 7) is 1.32.